The molecule has 3 rings (SSSR count). The number of anilines is 1. The van der Waals surface area contributed by atoms with Crippen molar-refractivity contribution >= 4 is 6.01 Å². The van der Waals surface area contributed by atoms with Crippen LogP contribution in [0, 0.1) is 0 Å². The van der Waals surface area contributed by atoms with Gasteiger partial charge in [-0.05, 0) is 24.0 Å². The quantitative estimate of drug-likeness (QED) is 0.866. The third kappa shape index (κ3) is 2.09. The fourth-order valence-corrected chi connectivity index (χ4v) is 2.32. The normalized spacial score (nSPS) is 15.3. The van der Waals surface area contributed by atoms with Gasteiger partial charge in [0, 0.05) is 13.1 Å². The SMILES string of the molecule is NCc1nnc(N2CCCc3ccccc3C2)o1. The Morgan fingerprint density at radius 1 is 1.22 bits per heavy atom. The highest BCUT2D eigenvalue weighted by Gasteiger charge is 2.18. The second-order valence-corrected chi connectivity index (χ2v) is 4.48. The Labute approximate surface area is 106 Å². The molecule has 0 saturated carbocycles. The number of nitrogens with zero attached hydrogens (tertiary/aromatic N) is 3. The van der Waals surface area contributed by atoms with Crippen LogP contribution in [0.4, 0.5) is 6.01 Å². The lowest BCUT2D eigenvalue weighted by atomic mass is 10.0. The fourth-order valence-electron chi connectivity index (χ4n) is 2.32. The molecule has 5 heteroatoms. The van der Waals surface area contributed by atoms with Crippen molar-refractivity contribution in [2.24, 2.45) is 5.73 Å². The molecule has 1 aromatic carbocycles. The molecular weight excluding hydrogens is 228 g/mol. The van der Waals surface area contributed by atoms with Crippen molar-refractivity contribution in [3.8, 4) is 0 Å². The Morgan fingerprint density at radius 2 is 2.06 bits per heavy atom. The molecule has 0 atom stereocenters. The molecule has 0 spiro atoms. The van der Waals surface area contributed by atoms with E-state index in [1.165, 1.54) is 11.1 Å². The molecule has 0 aliphatic carbocycles. The van der Waals surface area contributed by atoms with E-state index in [0.717, 1.165) is 25.9 Å². The summed E-state index contributed by atoms with van der Waals surface area (Å²) in [5.74, 6) is 0.488. The Kier molecular flexibility index (Phi) is 2.98. The Hall–Kier alpha value is -1.88. The van der Waals surface area contributed by atoms with Crippen LogP contribution in [-0.4, -0.2) is 16.7 Å². The van der Waals surface area contributed by atoms with E-state index in [1.807, 2.05) is 0 Å². The van der Waals surface area contributed by atoms with Gasteiger partial charge >= 0.3 is 6.01 Å². The predicted molar refractivity (Wildman–Crippen MR) is 68.0 cm³/mol. The second kappa shape index (κ2) is 4.78. The van der Waals surface area contributed by atoms with Crippen molar-refractivity contribution in [2.45, 2.75) is 25.9 Å². The van der Waals surface area contributed by atoms with Gasteiger partial charge in [0.15, 0.2) is 0 Å². The first-order valence-corrected chi connectivity index (χ1v) is 6.21. The van der Waals surface area contributed by atoms with Crippen molar-refractivity contribution < 1.29 is 4.42 Å². The molecule has 0 unspecified atom stereocenters. The Balaban J connectivity index is 1.86. The van der Waals surface area contributed by atoms with Crippen LogP contribution in [0.3, 0.4) is 0 Å². The summed E-state index contributed by atoms with van der Waals surface area (Å²) in [6, 6.07) is 9.09. The van der Waals surface area contributed by atoms with Crippen LogP contribution >= 0.6 is 0 Å². The first-order valence-electron chi connectivity index (χ1n) is 6.21. The molecule has 0 bridgehead atoms. The molecular formula is C13H16N4O. The van der Waals surface area contributed by atoms with E-state index in [-0.39, 0.29) is 6.54 Å². The van der Waals surface area contributed by atoms with Crippen LogP contribution in [0.25, 0.3) is 0 Å². The van der Waals surface area contributed by atoms with E-state index in [2.05, 4.69) is 39.4 Å². The van der Waals surface area contributed by atoms with Gasteiger partial charge in [0.2, 0.25) is 5.89 Å². The minimum Gasteiger partial charge on any atom is -0.407 e. The number of hydrogen-bond acceptors (Lipinski definition) is 5. The standard InChI is InChI=1S/C13H16N4O/c14-8-12-15-16-13(18-12)17-7-3-6-10-4-1-2-5-11(10)9-17/h1-2,4-5H,3,6-9,14H2. The summed E-state index contributed by atoms with van der Waals surface area (Å²) in [6.07, 6.45) is 2.20. The summed E-state index contributed by atoms with van der Waals surface area (Å²) in [5.41, 5.74) is 8.24. The van der Waals surface area contributed by atoms with E-state index >= 15 is 0 Å². The molecule has 2 N–H and O–H groups in total. The summed E-state index contributed by atoms with van der Waals surface area (Å²) in [7, 11) is 0. The van der Waals surface area contributed by atoms with Crippen LogP contribution in [0.2, 0.25) is 0 Å². The molecule has 0 amide bonds. The number of aromatic nitrogens is 2. The maximum atomic E-state index is 5.52. The first-order chi connectivity index (χ1) is 8.86. The van der Waals surface area contributed by atoms with Crippen molar-refractivity contribution in [1.29, 1.82) is 0 Å². The minimum absolute atomic E-state index is 0.289. The monoisotopic (exact) mass is 244 g/mol. The predicted octanol–water partition coefficient (Wildman–Crippen LogP) is 1.48. The highest BCUT2D eigenvalue weighted by atomic mass is 16.4. The molecule has 0 fully saturated rings. The average Bonchev–Trinajstić information content (AvgIpc) is 2.78. The number of fused-ring (bicyclic) bond motifs is 1. The van der Waals surface area contributed by atoms with Gasteiger partial charge in [0.25, 0.3) is 0 Å². The van der Waals surface area contributed by atoms with Crippen LogP contribution < -0.4 is 10.6 Å². The number of nitrogens with two attached hydrogens (primary N) is 1. The minimum atomic E-state index is 0.289. The topological polar surface area (TPSA) is 68.2 Å². The molecule has 2 heterocycles. The van der Waals surface area contributed by atoms with E-state index in [0.29, 0.717) is 11.9 Å². The maximum Gasteiger partial charge on any atom is 0.318 e. The molecule has 1 aromatic heterocycles. The van der Waals surface area contributed by atoms with Crippen molar-refractivity contribution in [3.63, 3.8) is 0 Å². The van der Waals surface area contributed by atoms with Gasteiger partial charge in [0.1, 0.15) is 0 Å². The number of rotatable bonds is 2. The van der Waals surface area contributed by atoms with Gasteiger partial charge in [-0.1, -0.05) is 29.4 Å². The zero-order valence-corrected chi connectivity index (χ0v) is 10.2. The van der Waals surface area contributed by atoms with Crippen molar-refractivity contribution in [3.05, 3.63) is 41.3 Å². The van der Waals surface area contributed by atoms with Crippen LogP contribution in [0.15, 0.2) is 28.7 Å². The van der Waals surface area contributed by atoms with E-state index in [9.17, 15) is 0 Å². The molecule has 5 nitrogen and oxygen atoms in total. The van der Waals surface area contributed by atoms with Gasteiger partial charge in [-0.3, -0.25) is 0 Å². The van der Waals surface area contributed by atoms with Gasteiger partial charge < -0.3 is 15.1 Å². The van der Waals surface area contributed by atoms with Gasteiger partial charge in [-0.2, -0.15) is 0 Å². The molecule has 1 aliphatic heterocycles. The lowest BCUT2D eigenvalue weighted by Gasteiger charge is -2.17. The lowest BCUT2D eigenvalue weighted by molar-refractivity contribution is 0.483. The van der Waals surface area contributed by atoms with Crippen LogP contribution in [-0.2, 0) is 19.5 Å². The lowest BCUT2D eigenvalue weighted by Crippen LogP contribution is -2.22. The van der Waals surface area contributed by atoms with E-state index in [4.69, 9.17) is 10.2 Å². The van der Waals surface area contributed by atoms with Crippen molar-refractivity contribution in [1.82, 2.24) is 10.2 Å². The second-order valence-electron chi connectivity index (χ2n) is 4.48. The molecule has 94 valence electrons. The number of hydrogen-bond donors (Lipinski definition) is 1. The molecule has 0 radical (unpaired) electrons. The summed E-state index contributed by atoms with van der Waals surface area (Å²) in [5, 5.41) is 7.97. The highest BCUT2D eigenvalue weighted by molar-refractivity contribution is 5.35. The molecule has 18 heavy (non-hydrogen) atoms. The third-order valence-corrected chi connectivity index (χ3v) is 3.26. The Morgan fingerprint density at radius 3 is 2.83 bits per heavy atom. The third-order valence-electron chi connectivity index (χ3n) is 3.26. The maximum absolute atomic E-state index is 5.52. The highest BCUT2D eigenvalue weighted by Crippen LogP contribution is 2.22. The number of aryl methyl sites for hydroxylation is 1. The largest absolute Gasteiger partial charge is 0.407 e. The summed E-state index contributed by atoms with van der Waals surface area (Å²) in [6.45, 7) is 2.04. The summed E-state index contributed by atoms with van der Waals surface area (Å²) in [4.78, 5) is 2.12. The van der Waals surface area contributed by atoms with E-state index in [1.54, 1.807) is 0 Å². The average molecular weight is 244 g/mol. The van der Waals surface area contributed by atoms with Gasteiger partial charge in [0.05, 0.1) is 6.54 Å². The van der Waals surface area contributed by atoms with Gasteiger partial charge in [-0.25, -0.2) is 0 Å². The van der Waals surface area contributed by atoms with E-state index < -0.39 is 0 Å². The summed E-state index contributed by atoms with van der Waals surface area (Å²) < 4.78 is 5.52. The smallest absolute Gasteiger partial charge is 0.318 e. The molecule has 2 aromatic rings. The Bertz CT molecular complexity index is 537. The summed E-state index contributed by atoms with van der Waals surface area (Å²) >= 11 is 0. The molecule has 0 saturated heterocycles. The van der Waals surface area contributed by atoms with Crippen molar-refractivity contribution in [2.75, 3.05) is 11.4 Å². The van der Waals surface area contributed by atoms with Crippen LogP contribution in [0.5, 0.6) is 0 Å². The first kappa shape index (κ1) is 11.2. The number of benzene rings is 1. The van der Waals surface area contributed by atoms with Gasteiger partial charge in [-0.15, -0.1) is 5.10 Å². The van der Waals surface area contributed by atoms with Crippen LogP contribution in [0.1, 0.15) is 23.4 Å². The zero-order valence-electron chi connectivity index (χ0n) is 10.2. The fraction of sp³-hybridized carbons (Fsp3) is 0.385. The zero-order chi connectivity index (χ0) is 12.4. The molecule has 1 aliphatic rings.